The van der Waals surface area contributed by atoms with Crippen LogP contribution in [0.1, 0.15) is 5.56 Å². The average Bonchev–Trinajstić information content (AvgIpc) is 3.09. The van der Waals surface area contributed by atoms with Gasteiger partial charge in [0.05, 0.1) is 12.1 Å². The summed E-state index contributed by atoms with van der Waals surface area (Å²) in [5, 5.41) is 5.43. The normalized spacial score (nSPS) is 10.3. The second kappa shape index (κ2) is 8.60. The molecule has 0 radical (unpaired) electrons. The molecule has 132 valence electrons. The van der Waals surface area contributed by atoms with Gasteiger partial charge in [-0.2, -0.15) is 0 Å². The number of anilines is 1. The van der Waals surface area contributed by atoms with Gasteiger partial charge in [-0.05, 0) is 11.6 Å². The summed E-state index contributed by atoms with van der Waals surface area (Å²) in [6.07, 6.45) is 0.127. The third-order valence-corrected chi connectivity index (χ3v) is 4.54. The molecule has 0 aliphatic heterocycles. The van der Waals surface area contributed by atoms with E-state index in [0.717, 1.165) is 11.1 Å². The number of hydrogen-bond donors (Lipinski definition) is 1. The molecule has 3 rings (SSSR count). The Morgan fingerprint density at radius 1 is 1.08 bits per heavy atom. The van der Waals surface area contributed by atoms with Gasteiger partial charge in [0.1, 0.15) is 0 Å². The SMILES string of the molecule is O=C(COC(=O)Cc1ccccc1)Nc1nc(-c2ccccc2Cl)cs1. The standard InChI is InChI=1S/C19H15ClN2O3S/c20-15-9-5-4-8-14(15)16-12-26-19(21-16)22-17(23)11-25-18(24)10-13-6-2-1-3-7-13/h1-9,12H,10-11H2,(H,21,22,23). The van der Waals surface area contributed by atoms with Crippen LogP contribution in [-0.4, -0.2) is 23.5 Å². The maximum atomic E-state index is 11.9. The van der Waals surface area contributed by atoms with Crippen LogP contribution < -0.4 is 5.32 Å². The lowest BCUT2D eigenvalue weighted by molar-refractivity contribution is -0.146. The summed E-state index contributed by atoms with van der Waals surface area (Å²) in [7, 11) is 0. The molecule has 0 bridgehead atoms. The minimum atomic E-state index is -0.456. The second-order valence-corrected chi connectivity index (χ2v) is 6.65. The van der Waals surface area contributed by atoms with Gasteiger partial charge in [-0.1, -0.05) is 60.1 Å². The lowest BCUT2D eigenvalue weighted by atomic mass is 10.2. The molecule has 2 aromatic carbocycles. The highest BCUT2D eigenvalue weighted by molar-refractivity contribution is 7.14. The van der Waals surface area contributed by atoms with E-state index in [2.05, 4.69) is 10.3 Å². The van der Waals surface area contributed by atoms with Crippen LogP contribution in [0.2, 0.25) is 5.02 Å². The highest BCUT2D eigenvalue weighted by atomic mass is 35.5. The maximum Gasteiger partial charge on any atom is 0.310 e. The molecule has 5 nitrogen and oxygen atoms in total. The molecule has 1 N–H and O–H groups in total. The Morgan fingerprint density at radius 2 is 1.81 bits per heavy atom. The Balaban J connectivity index is 1.51. The Morgan fingerprint density at radius 3 is 2.58 bits per heavy atom. The fraction of sp³-hybridized carbons (Fsp3) is 0.105. The number of carbonyl (C=O) groups is 2. The topological polar surface area (TPSA) is 68.3 Å². The summed E-state index contributed by atoms with van der Waals surface area (Å²) in [4.78, 5) is 28.0. The van der Waals surface area contributed by atoms with Crippen LogP contribution in [0.15, 0.2) is 60.0 Å². The fourth-order valence-electron chi connectivity index (χ4n) is 2.24. The summed E-state index contributed by atoms with van der Waals surface area (Å²) in [5.41, 5.74) is 2.30. The van der Waals surface area contributed by atoms with Crippen LogP contribution in [0.4, 0.5) is 5.13 Å². The fourth-order valence-corrected chi connectivity index (χ4v) is 3.20. The van der Waals surface area contributed by atoms with E-state index in [1.807, 2.05) is 48.5 Å². The summed E-state index contributed by atoms with van der Waals surface area (Å²) < 4.78 is 5.00. The van der Waals surface area contributed by atoms with Crippen molar-refractivity contribution in [2.75, 3.05) is 11.9 Å². The molecular formula is C19H15ClN2O3S. The monoisotopic (exact) mass is 386 g/mol. The van der Waals surface area contributed by atoms with Gasteiger partial charge >= 0.3 is 5.97 Å². The number of amides is 1. The van der Waals surface area contributed by atoms with Crippen molar-refractivity contribution in [2.24, 2.45) is 0 Å². The Hall–Kier alpha value is -2.70. The minimum absolute atomic E-state index is 0.127. The highest BCUT2D eigenvalue weighted by Crippen LogP contribution is 2.30. The number of thiazole rings is 1. The van der Waals surface area contributed by atoms with E-state index in [1.54, 1.807) is 11.4 Å². The average molecular weight is 387 g/mol. The van der Waals surface area contributed by atoms with Crippen LogP contribution in [-0.2, 0) is 20.7 Å². The third-order valence-electron chi connectivity index (χ3n) is 3.46. The molecule has 1 aromatic heterocycles. The van der Waals surface area contributed by atoms with Gasteiger partial charge in [-0.25, -0.2) is 4.98 Å². The molecule has 0 aliphatic rings. The molecule has 0 saturated carbocycles. The van der Waals surface area contributed by atoms with Crippen molar-refractivity contribution in [2.45, 2.75) is 6.42 Å². The molecule has 7 heteroatoms. The zero-order valence-electron chi connectivity index (χ0n) is 13.6. The molecule has 0 unspecified atom stereocenters. The third kappa shape index (κ3) is 4.91. The lowest BCUT2D eigenvalue weighted by Gasteiger charge is -2.05. The number of nitrogens with zero attached hydrogens (tertiary/aromatic N) is 1. The zero-order chi connectivity index (χ0) is 18.4. The number of carbonyl (C=O) groups excluding carboxylic acids is 2. The van der Waals surface area contributed by atoms with Gasteiger partial charge in [0.15, 0.2) is 11.7 Å². The van der Waals surface area contributed by atoms with Crippen molar-refractivity contribution in [3.63, 3.8) is 0 Å². The number of hydrogen-bond acceptors (Lipinski definition) is 5. The molecule has 0 fully saturated rings. The molecule has 1 amide bonds. The smallest absolute Gasteiger partial charge is 0.310 e. The first-order valence-electron chi connectivity index (χ1n) is 7.81. The molecule has 1 heterocycles. The molecule has 0 atom stereocenters. The van der Waals surface area contributed by atoms with E-state index in [-0.39, 0.29) is 13.0 Å². The number of aromatic nitrogens is 1. The summed E-state index contributed by atoms with van der Waals surface area (Å²) in [5.74, 6) is -0.895. The number of nitrogens with one attached hydrogen (secondary N) is 1. The van der Waals surface area contributed by atoms with Crippen molar-refractivity contribution in [3.8, 4) is 11.3 Å². The molecule has 0 aliphatic carbocycles. The van der Waals surface area contributed by atoms with Crippen molar-refractivity contribution in [1.29, 1.82) is 0 Å². The van der Waals surface area contributed by atoms with Gasteiger partial charge in [0.2, 0.25) is 0 Å². The molecule has 0 saturated heterocycles. The van der Waals surface area contributed by atoms with Crippen LogP contribution in [0.3, 0.4) is 0 Å². The number of rotatable bonds is 6. The van der Waals surface area contributed by atoms with Crippen molar-refractivity contribution in [3.05, 3.63) is 70.6 Å². The van der Waals surface area contributed by atoms with Crippen molar-refractivity contribution in [1.82, 2.24) is 4.98 Å². The van der Waals surface area contributed by atoms with Crippen LogP contribution in [0, 0.1) is 0 Å². The quantitative estimate of drug-likeness (QED) is 0.645. The first kappa shape index (κ1) is 18.1. The molecular weight excluding hydrogens is 372 g/mol. The number of ether oxygens (including phenoxy) is 1. The molecule has 3 aromatic rings. The van der Waals surface area contributed by atoms with Crippen molar-refractivity contribution < 1.29 is 14.3 Å². The van der Waals surface area contributed by atoms with E-state index >= 15 is 0 Å². The first-order valence-corrected chi connectivity index (χ1v) is 9.07. The summed E-state index contributed by atoms with van der Waals surface area (Å²) >= 11 is 7.42. The van der Waals surface area contributed by atoms with E-state index in [1.165, 1.54) is 11.3 Å². The van der Waals surface area contributed by atoms with E-state index in [9.17, 15) is 9.59 Å². The number of benzene rings is 2. The predicted octanol–water partition coefficient (Wildman–Crippen LogP) is 4.19. The molecule has 26 heavy (non-hydrogen) atoms. The van der Waals surface area contributed by atoms with Crippen LogP contribution in [0.5, 0.6) is 0 Å². The minimum Gasteiger partial charge on any atom is -0.455 e. The number of halogens is 1. The van der Waals surface area contributed by atoms with E-state index < -0.39 is 11.9 Å². The van der Waals surface area contributed by atoms with Crippen LogP contribution >= 0.6 is 22.9 Å². The number of esters is 1. The maximum absolute atomic E-state index is 11.9. The van der Waals surface area contributed by atoms with Crippen molar-refractivity contribution >= 4 is 39.9 Å². The van der Waals surface area contributed by atoms with Crippen LogP contribution in [0.25, 0.3) is 11.3 Å². The second-order valence-electron chi connectivity index (χ2n) is 5.39. The Kier molecular flexibility index (Phi) is 5.99. The summed E-state index contributed by atoms with van der Waals surface area (Å²) in [6, 6.07) is 16.5. The van der Waals surface area contributed by atoms with E-state index in [0.29, 0.717) is 15.8 Å². The predicted molar refractivity (Wildman–Crippen MR) is 102 cm³/mol. The highest BCUT2D eigenvalue weighted by Gasteiger charge is 2.12. The van der Waals surface area contributed by atoms with Gasteiger partial charge in [0, 0.05) is 16.0 Å². The summed E-state index contributed by atoms with van der Waals surface area (Å²) in [6.45, 7) is -0.354. The van der Waals surface area contributed by atoms with E-state index in [4.69, 9.17) is 16.3 Å². The van der Waals surface area contributed by atoms with Gasteiger partial charge in [-0.15, -0.1) is 11.3 Å². The largest absolute Gasteiger partial charge is 0.455 e. The van der Waals surface area contributed by atoms with Gasteiger partial charge in [-0.3, -0.25) is 14.9 Å². The van der Waals surface area contributed by atoms with Gasteiger partial charge < -0.3 is 4.74 Å². The first-order chi connectivity index (χ1) is 12.6. The Bertz CT molecular complexity index is 912. The molecule has 0 spiro atoms. The Labute approximate surface area is 159 Å². The zero-order valence-corrected chi connectivity index (χ0v) is 15.2. The van der Waals surface area contributed by atoms with Gasteiger partial charge in [0.25, 0.3) is 5.91 Å². The lowest BCUT2D eigenvalue weighted by Crippen LogP contribution is -2.21.